The standard InChI is InChI=1S/C19H27N7O/c1-15-3-4-18(23-22-15)25-9-6-16(7-10-25)24(2)17-5-8-20-19(21-17)26-11-13-27-14-12-26/h3-5,8,16H,6-7,9-14H2,1-2H3. The molecule has 0 N–H and O–H groups in total. The molecule has 0 bridgehead atoms. The Morgan fingerprint density at radius 3 is 2.48 bits per heavy atom. The van der Waals surface area contributed by atoms with Gasteiger partial charge in [-0.15, -0.1) is 5.10 Å². The van der Waals surface area contributed by atoms with Gasteiger partial charge in [-0.25, -0.2) is 4.98 Å². The highest BCUT2D eigenvalue weighted by Gasteiger charge is 2.25. The second kappa shape index (κ2) is 8.04. The van der Waals surface area contributed by atoms with Gasteiger partial charge in [0.2, 0.25) is 5.95 Å². The second-order valence-electron chi connectivity index (χ2n) is 7.18. The number of hydrogen-bond acceptors (Lipinski definition) is 8. The summed E-state index contributed by atoms with van der Waals surface area (Å²) in [4.78, 5) is 16.1. The SMILES string of the molecule is Cc1ccc(N2CCC(N(C)c3ccnc(N4CCOCC4)n3)CC2)nn1. The summed E-state index contributed by atoms with van der Waals surface area (Å²) >= 11 is 0. The van der Waals surface area contributed by atoms with E-state index in [1.807, 2.05) is 25.3 Å². The van der Waals surface area contributed by atoms with Crippen LogP contribution in [0.3, 0.4) is 0 Å². The Hall–Kier alpha value is -2.48. The van der Waals surface area contributed by atoms with E-state index in [1.54, 1.807) is 0 Å². The van der Waals surface area contributed by atoms with Crippen LogP contribution in [0.4, 0.5) is 17.6 Å². The predicted molar refractivity (Wildman–Crippen MR) is 105 cm³/mol. The zero-order valence-electron chi connectivity index (χ0n) is 16.1. The zero-order valence-corrected chi connectivity index (χ0v) is 16.1. The molecule has 0 atom stereocenters. The fourth-order valence-corrected chi connectivity index (χ4v) is 3.68. The van der Waals surface area contributed by atoms with Crippen LogP contribution in [-0.4, -0.2) is 72.6 Å². The van der Waals surface area contributed by atoms with Crippen LogP contribution < -0.4 is 14.7 Å². The molecule has 4 rings (SSSR count). The minimum Gasteiger partial charge on any atom is -0.378 e. The van der Waals surface area contributed by atoms with Crippen molar-refractivity contribution in [3.8, 4) is 0 Å². The molecule has 27 heavy (non-hydrogen) atoms. The summed E-state index contributed by atoms with van der Waals surface area (Å²) in [5.41, 5.74) is 0.952. The summed E-state index contributed by atoms with van der Waals surface area (Å²) in [6.07, 6.45) is 4.01. The van der Waals surface area contributed by atoms with Gasteiger partial charge in [-0.3, -0.25) is 0 Å². The topological polar surface area (TPSA) is 70.5 Å². The number of aryl methyl sites for hydroxylation is 1. The third-order valence-electron chi connectivity index (χ3n) is 5.40. The van der Waals surface area contributed by atoms with Crippen molar-refractivity contribution in [1.29, 1.82) is 0 Å². The molecule has 0 unspecified atom stereocenters. The van der Waals surface area contributed by atoms with Crippen LogP contribution in [0.1, 0.15) is 18.5 Å². The van der Waals surface area contributed by atoms with Gasteiger partial charge in [-0.05, 0) is 38.0 Å². The molecule has 8 nitrogen and oxygen atoms in total. The lowest BCUT2D eigenvalue weighted by molar-refractivity contribution is 0.122. The Morgan fingerprint density at radius 2 is 1.78 bits per heavy atom. The molecule has 2 aliphatic heterocycles. The van der Waals surface area contributed by atoms with E-state index in [9.17, 15) is 0 Å². The van der Waals surface area contributed by atoms with Crippen molar-refractivity contribution >= 4 is 17.6 Å². The lowest BCUT2D eigenvalue weighted by atomic mass is 10.0. The van der Waals surface area contributed by atoms with Crippen LogP contribution >= 0.6 is 0 Å². The quantitative estimate of drug-likeness (QED) is 0.803. The number of aromatic nitrogens is 4. The number of hydrogen-bond donors (Lipinski definition) is 0. The minimum absolute atomic E-state index is 0.465. The van der Waals surface area contributed by atoms with E-state index < -0.39 is 0 Å². The fourth-order valence-electron chi connectivity index (χ4n) is 3.68. The van der Waals surface area contributed by atoms with Crippen molar-refractivity contribution < 1.29 is 4.74 Å². The Bertz CT molecular complexity index is 740. The molecular formula is C19H27N7O. The molecule has 0 aliphatic carbocycles. The van der Waals surface area contributed by atoms with Gasteiger partial charge in [0.15, 0.2) is 5.82 Å². The Kier molecular flexibility index (Phi) is 5.33. The van der Waals surface area contributed by atoms with Crippen molar-refractivity contribution in [2.45, 2.75) is 25.8 Å². The molecule has 0 amide bonds. The van der Waals surface area contributed by atoms with Crippen LogP contribution in [0, 0.1) is 6.92 Å². The van der Waals surface area contributed by atoms with Crippen LogP contribution in [0.5, 0.6) is 0 Å². The normalized spacial score (nSPS) is 18.6. The van der Waals surface area contributed by atoms with Crippen LogP contribution in [0.2, 0.25) is 0 Å². The lowest BCUT2D eigenvalue weighted by Gasteiger charge is -2.37. The van der Waals surface area contributed by atoms with Crippen LogP contribution in [-0.2, 0) is 4.74 Å². The largest absolute Gasteiger partial charge is 0.378 e. The first-order valence-electron chi connectivity index (χ1n) is 9.64. The number of piperidine rings is 1. The third-order valence-corrected chi connectivity index (χ3v) is 5.40. The lowest BCUT2D eigenvalue weighted by Crippen LogP contribution is -2.44. The molecule has 0 saturated carbocycles. The van der Waals surface area contributed by atoms with E-state index >= 15 is 0 Å². The summed E-state index contributed by atoms with van der Waals surface area (Å²) in [5.74, 6) is 2.76. The number of anilines is 3. The molecule has 8 heteroatoms. The van der Waals surface area contributed by atoms with Crippen molar-refractivity contribution in [3.05, 3.63) is 30.1 Å². The minimum atomic E-state index is 0.465. The number of nitrogens with zero attached hydrogens (tertiary/aromatic N) is 7. The smallest absolute Gasteiger partial charge is 0.227 e. The third kappa shape index (κ3) is 4.10. The molecule has 0 spiro atoms. The summed E-state index contributed by atoms with van der Waals surface area (Å²) in [6.45, 7) is 7.10. The van der Waals surface area contributed by atoms with Gasteiger partial charge in [-0.2, -0.15) is 10.1 Å². The average Bonchev–Trinajstić information content (AvgIpc) is 2.75. The van der Waals surface area contributed by atoms with Crippen LogP contribution in [0.25, 0.3) is 0 Å². The van der Waals surface area contributed by atoms with E-state index in [0.29, 0.717) is 6.04 Å². The Balaban J connectivity index is 1.39. The van der Waals surface area contributed by atoms with Gasteiger partial charge in [-0.1, -0.05) is 0 Å². The van der Waals surface area contributed by atoms with Gasteiger partial charge >= 0.3 is 0 Å². The number of morpholine rings is 1. The highest BCUT2D eigenvalue weighted by Crippen LogP contribution is 2.24. The van der Waals surface area contributed by atoms with Gasteiger partial charge < -0.3 is 19.4 Å². The van der Waals surface area contributed by atoms with Gasteiger partial charge in [0.05, 0.1) is 18.9 Å². The Labute approximate surface area is 160 Å². The van der Waals surface area contributed by atoms with Gasteiger partial charge in [0, 0.05) is 45.5 Å². The molecule has 2 fully saturated rings. The summed E-state index contributed by atoms with van der Waals surface area (Å²) in [5, 5.41) is 8.50. The second-order valence-corrected chi connectivity index (χ2v) is 7.18. The molecule has 144 valence electrons. The summed E-state index contributed by atoms with van der Waals surface area (Å²) < 4.78 is 5.43. The first-order chi connectivity index (χ1) is 13.2. The molecule has 0 aromatic carbocycles. The maximum absolute atomic E-state index is 5.43. The molecular weight excluding hydrogens is 342 g/mol. The molecule has 0 radical (unpaired) electrons. The number of rotatable bonds is 4. The van der Waals surface area contributed by atoms with Gasteiger partial charge in [0.25, 0.3) is 0 Å². The Morgan fingerprint density at radius 1 is 1.00 bits per heavy atom. The summed E-state index contributed by atoms with van der Waals surface area (Å²) in [6, 6.07) is 6.55. The van der Waals surface area contributed by atoms with E-state index in [2.05, 4.69) is 43.0 Å². The first-order valence-corrected chi connectivity index (χ1v) is 9.64. The molecule has 2 aromatic heterocycles. The molecule has 2 aliphatic rings. The maximum Gasteiger partial charge on any atom is 0.227 e. The average molecular weight is 369 g/mol. The first kappa shape index (κ1) is 17.9. The molecule has 2 saturated heterocycles. The van der Waals surface area contributed by atoms with E-state index in [0.717, 1.165) is 75.5 Å². The monoisotopic (exact) mass is 369 g/mol. The predicted octanol–water partition coefficient (Wildman–Crippen LogP) is 1.52. The van der Waals surface area contributed by atoms with Crippen molar-refractivity contribution in [2.75, 3.05) is 61.1 Å². The van der Waals surface area contributed by atoms with E-state index in [1.165, 1.54) is 0 Å². The molecule has 2 aromatic rings. The highest BCUT2D eigenvalue weighted by molar-refractivity contribution is 5.45. The summed E-state index contributed by atoms with van der Waals surface area (Å²) in [7, 11) is 2.14. The number of ether oxygens (including phenoxy) is 1. The van der Waals surface area contributed by atoms with Crippen molar-refractivity contribution in [1.82, 2.24) is 20.2 Å². The van der Waals surface area contributed by atoms with Crippen LogP contribution in [0.15, 0.2) is 24.4 Å². The van der Waals surface area contributed by atoms with E-state index in [-0.39, 0.29) is 0 Å². The molecule has 4 heterocycles. The fraction of sp³-hybridized carbons (Fsp3) is 0.579. The van der Waals surface area contributed by atoms with Gasteiger partial charge in [0.1, 0.15) is 5.82 Å². The zero-order chi connectivity index (χ0) is 18.6. The van der Waals surface area contributed by atoms with Crippen molar-refractivity contribution in [3.63, 3.8) is 0 Å². The maximum atomic E-state index is 5.43. The van der Waals surface area contributed by atoms with E-state index in [4.69, 9.17) is 9.72 Å². The highest BCUT2D eigenvalue weighted by atomic mass is 16.5. The van der Waals surface area contributed by atoms with Crippen molar-refractivity contribution in [2.24, 2.45) is 0 Å².